The van der Waals surface area contributed by atoms with Crippen molar-refractivity contribution in [2.24, 2.45) is 0 Å². The van der Waals surface area contributed by atoms with Crippen LogP contribution in [0, 0.1) is 25.2 Å². The van der Waals surface area contributed by atoms with E-state index in [0.717, 1.165) is 0 Å². The lowest BCUT2D eigenvalue weighted by Crippen LogP contribution is -2.06. The Labute approximate surface area is 126 Å². The molecule has 6 nitrogen and oxygen atoms in total. The normalized spacial score (nSPS) is 10.2. The highest BCUT2D eigenvalue weighted by Crippen LogP contribution is 2.31. The van der Waals surface area contributed by atoms with E-state index in [9.17, 15) is 10.1 Å². The molecule has 0 aliphatic heterocycles. The number of aromatic amines is 1. The van der Waals surface area contributed by atoms with Crippen molar-refractivity contribution < 1.29 is 9.53 Å². The van der Waals surface area contributed by atoms with Crippen molar-refractivity contribution in [2.45, 2.75) is 20.8 Å². The Hall–Kier alpha value is -2.39. The maximum Gasteiger partial charge on any atom is 0.355 e. The number of carbonyl (C=O) groups excluding carboxylic acids is 1. The van der Waals surface area contributed by atoms with Crippen molar-refractivity contribution in [3.8, 4) is 17.3 Å². The van der Waals surface area contributed by atoms with Crippen LogP contribution < -0.4 is 0 Å². The molecule has 0 aliphatic carbocycles. The highest BCUT2D eigenvalue weighted by molar-refractivity contribution is 6.28. The van der Waals surface area contributed by atoms with Crippen LogP contribution >= 0.6 is 11.6 Å². The van der Waals surface area contributed by atoms with Crippen LogP contribution in [0.3, 0.4) is 0 Å². The summed E-state index contributed by atoms with van der Waals surface area (Å²) in [5, 5.41) is 9.22. The minimum Gasteiger partial charge on any atom is -0.461 e. The molecule has 21 heavy (non-hydrogen) atoms. The average molecular weight is 305 g/mol. The zero-order chi connectivity index (χ0) is 15.6. The summed E-state index contributed by atoms with van der Waals surface area (Å²) in [7, 11) is 0. The van der Waals surface area contributed by atoms with Crippen LogP contribution in [0.15, 0.2) is 6.20 Å². The molecule has 0 bridgehead atoms. The quantitative estimate of drug-likeness (QED) is 0.695. The number of carbonyl (C=O) groups is 1. The second kappa shape index (κ2) is 5.94. The van der Waals surface area contributed by atoms with Gasteiger partial charge < -0.3 is 9.72 Å². The third kappa shape index (κ3) is 2.73. The Bertz CT molecular complexity index is 746. The van der Waals surface area contributed by atoms with Crippen LogP contribution in [0.1, 0.15) is 34.2 Å². The van der Waals surface area contributed by atoms with Gasteiger partial charge in [0.2, 0.25) is 5.28 Å². The molecule has 1 N–H and O–H groups in total. The van der Waals surface area contributed by atoms with E-state index in [1.165, 1.54) is 6.20 Å². The Morgan fingerprint density at radius 3 is 2.86 bits per heavy atom. The van der Waals surface area contributed by atoms with Crippen LogP contribution in [0.5, 0.6) is 0 Å². The van der Waals surface area contributed by atoms with Crippen LogP contribution in [0.25, 0.3) is 11.3 Å². The van der Waals surface area contributed by atoms with E-state index in [2.05, 4.69) is 15.0 Å². The van der Waals surface area contributed by atoms with Gasteiger partial charge in [-0.25, -0.2) is 14.8 Å². The summed E-state index contributed by atoms with van der Waals surface area (Å²) in [5.41, 5.74) is 3.08. The standard InChI is InChI=1S/C14H13ClN4O2/c1-4-21-13(20)11-7(2)10(8(3)18-11)12-9(5-16)6-17-14(15)19-12/h6,18H,4H2,1-3H3. The molecule has 0 saturated heterocycles. The predicted molar refractivity (Wildman–Crippen MR) is 77.0 cm³/mol. The number of nitrogens with one attached hydrogen (secondary N) is 1. The number of H-pyrrole nitrogens is 1. The number of halogens is 1. The average Bonchev–Trinajstić information content (AvgIpc) is 2.74. The van der Waals surface area contributed by atoms with Gasteiger partial charge in [-0.15, -0.1) is 0 Å². The summed E-state index contributed by atoms with van der Waals surface area (Å²) < 4.78 is 5.00. The Morgan fingerprint density at radius 2 is 2.24 bits per heavy atom. The topological polar surface area (TPSA) is 91.7 Å². The number of esters is 1. The number of hydrogen-bond donors (Lipinski definition) is 1. The minimum absolute atomic E-state index is 0.0432. The fourth-order valence-electron chi connectivity index (χ4n) is 2.15. The van der Waals surface area contributed by atoms with Crippen molar-refractivity contribution in [2.75, 3.05) is 6.61 Å². The number of aromatic nitrogens is 3. The largest absolute Gasteiger partial charge is 0.461 e. The predicted octanol–water partition coefficient (Wildman–Crippen LogP) is 2.79. The van der Waals surface area contributed by atoms with Gasteiger partial charge in [0, 0.05) is 11.3 Å². The summed E-state index contributed by atoms with van der Waals surface area (Å²) >= 11 is 5.81. The summed E-state index contributed by atoms with van der Waals surface area (Å²) in [5.74, 6) is -0.442. The van der Waals surface area contributed by atoms with Crippen LogP contribution in [0.2, 0.25) is 5.28 Å². The van der Waals surface area contributed by atoms with Gasteiger partial charge in [-0.05, 0) is 37.9 Å². The highest BCUT2D eigenvalue weighted by atomic mass is 35.5. The number of hydrogen-bond acceptors (Lipinski definition) is 5. The van der Waals surface area contributed by atoms with Gasteiger partial charge in [-0.3, -0.25) is 0 Å². The molecule has 2 rings (SSSR count). The summed E-state index contributed by atoms with van der Waals surface area (Å²) in [4.78, 5) is 22.8. The van der Waals surface area contributed by atoms with Gasteiger partial charge in [0.15, 0.2) is 0 Å². The third-order valence-electron chi connectivity index (χ3n) is 3.03. The summed E-state index contributed by atoms with van der Waals surface area (Å²) in [6, 6.07) is 2.03. The first kappa shape index (κ1) is 15.0. The second-order valence-corrected chi connectivity index (χ2v) is 4.70. The Kier molecular flexibility index (Phi) is 4.24. The van der Waals surface area contributed by atoms with Gasteiger partial charge >= 0.3 is 5.97 Å². The lowest BCUT2D eigenvalue weighted by atomic mass is 10.0. The lowest BCUT2D eigenvalue weighted by Gasteiger charge is -2.05. The molecule has 108 valence electrons. The van der Waals surface area contributed by atoms with Crippen LogP contribution in [0.4, 0.5) is 0 Å². The second-order valence-electron chi connectivity index (χ2n) is 4.36. The molecule has 0 saturated carbocycles. The fraction of sp³-hybridized carbons (Fsp3) is 0.286. The Balaban J connectivity index is 2.64. The van der Waals surface area contributed by atoms with E-state index in [-0.39, 0.29) is 11.9 Å². The SMILES string of the molecule is CCOC(=O)c1[nH]c(C)c(-c2nc(Cl)ncc2C#N)c1C. The van der Waals surface area contributed by atoms with Gasteiger partial charge in [0.1, 0.15) is 11.8 Å². The van der Waals surface area contributed by atoms with Crippen molar-refractivity contribution in [3.63, 3.8) is 0 Å². The van der Waals surface area contributed by atoms with Crippen molar-refractivity contribution in [1.29, 1.82) is 5.26 Å². The summed E-state index contributed by atoms with van der Waals surface area (Å²) in [6.07, 6.45) is 1.36. The van der Waals surface area contributed by atoms with E-state index in [0.29, 0.717) is 33.8 Å². The maximum absolute atomic E-state index is 11.9. The molecule has 2 heterocycles. The van der Waals surface area contributed by atoms with Gasteiger partial charge in [-0.1, -0.05) is 0 Å². The van der Waals surface area contributed by atoms with Crippen LogP contribution in [-0.4, -0.2) is 27.5 Å². The van der Waals surface area contributed by atoms with Crippen molar-refractivity contribution in [1.82, 2.24) is 15.0 Å². The van der Waals surface area contributed by atoms with Gasteiger partial charge in [0.05, 0.1) is 24.1 Å². The van der Waals surface area contributed by atoms with Gasteiger partial charge in [0.25, 0.3) is 0 Å². The van der Waals surface area contributed by atoms with E-state index in [4.69, 9.17) is 16.3 Å². The zero-order valence-electron chi connectivity index (χ0n) is 11.8. The number of ether oxygens (including phenoxy) is 1. The molecule has 0 aliphatic rings. The Morgan fingerprint density at radius 1 is 1.52 bits per heavy atom. The molecule has 7 heteroatoms. The summed E-state index contributed by atoms with van der Waals surface area (Å²) in [6.45, 7) is 5.58. The molecule has 2 aromatic heterocycles. The molecule has 0 radical (unpaired) electrons. The van der Waals surface area contributed by atoms with Crippen molar-refractivity contribution >= 4 is 17.6 Å². The smallest absolute Gasteiger partial charge is 0.355 e. The van der Waals surface area contributed by atoms with E-state index in [1.807, 2.05) is 6.07 Å². The number of rotatable bonds is 3. The van der Waals surface area contributed by atoms with E-state index < -0.39 is 5.97 Å². The first-order valence-corrected chi connectivity index (χ1v) is 6.66. The van der Waals surface area contributed by atoms with Crippen LogP contribution in [-0.2, 0) is 4.74 Å². The molecule has 0 fully saturated rings. The zero-order valence-corrected chi connectivity index (χ0v) is 12.6. The molecule has 0 unspecified atom stereocenters. The molecule has 0 amide bonds. The number of nitriles is 1. The highest BCUT2D eigenvalue weighted by Gasteiger charge is 2.22. The lowest BCUT2D eigenvalue weighted by molar-refractivity contribution is 0.0519. The molecule has 0 spiro atoms. The molecular weight excluding hydrogens is 292 g/mol. The number of nitrogens with zero attached hydrogens (tertiary/aromatic N) is 3. The molecule has 2 aromatic rings. The molecular formula is C14H13ClN4O2. The maximum atomic E-state index is 11.9. The first-order valence-electron chi connectivity index (χ1n) is 6.28. The molecule has 0 aromatic carbocycles. The first-order chi connectivity index (χ1) is 9.99. The van der Waals surface area contributed by atoms with Gasteiger partial charge in [-0.2, -0.15) is 5.26 Å². The fourth-order valence-corrected chi connectivity index (χ4v) is 2.28. The molecule has 0 atom stereocenters. The van der Waals surface area contributed by atoms with Crippen molar-refractivity contribution in [3.05, 3.63) is 34.0 Å². The minimum atomic E-state index is -0.442. The van der Waals surface area contributed by atoms with E-state index in [1.54, 1.807) is 20.8 Å². The third-order valence-corrected chi connectivity index (χ3v) is 3.22. The number of aryl methyl sites for hydroxylation is 1. The van der Waals surface area contributed by atoms with E-state index >= 15 is 0 Å². The monoisotopic (exact) mass is 304 g/mol.